The third kappa shape index (κ3) is 6.11. The summed E-state index contributed by atoms with van der Waals surface area (Å²) < 4.78 is 37.5. The maximum absolute atomic E-state index is 13.5. The Morgan fingerprint density at radius 1 is 0.969 bits per heavy atom. The fraction of sp³-hybridized carbons (Fsp3) is 0.0870. The van der Waals surface area contributed by atoms with Crippen molar-refractivity contribution in [1.29, 1.82) is 0 Å². The summed E-state index contributed by atoms with van der Waals surface area (Å²) in [7, 11) is 1.47. The van der Waals surface area contributed by atoms with Gasteiger partial charge >= 0.3 is 11.8 Å². The van der Waals surface area contributed by atoms with E-state index < -0.39 is 17.6 Å². The third-order valence-electron chi connectivity index (χ3n) is 4.20. The lowest BCUT2D eigenvalue weighted by molar-refractivity contribution is -0.136. The number of hydrogen-bond acceptors (Lipinski definition) is 5. The standard InChI is InChI=1S/C23H19F2N3O4/c1-31-21-12-16(8-11-20(21)32-14-15-6-9-17(24)10-7-15)13-26-28-23(30)22(29)27-19-5-3-2-4-18(19)25/h2-13H,14H2,1H3,(H,27,29)(H,28,30)/b26-13-. The van der Waals surface area contributed by atoms with Gasteiger partial charge in [0, 0.05) is 0 Å². The van der Waals surface area contributed by atoms with Gasteiger partial charge in [0.2, 0.25) is 0 Å². The van der Waals surface area contributed by atoms with E-state index in [0.717, 1.165) is 11.6 Å². The summed E-state index contributed by atoms with van der Waals surface area (Å²) in [6.45, 7) is 0.219. The van der Waals surface area contributed by atoms with E-state index in [2.05, 4.69) is 15.8 Å². The Morgan fingerprint density at radius 3 is 2.44 bits per heavy atom. The minimum atomic E-state index is -1.06. The fourth-order valence-corrected chi connectivity index (χ4v) is 2.58. The zero-order chi connectivity index (χ0) is 22.9. The first-order chi connectivity index (χ1) is 15.5. The molecule has 0 bridgehead atoms. The molecule has 0 saturated heterocycles. The predicted octanol–water partition coefficient (Wildman–Crippen LogP) is 3.64. The normalized spacial score (nSPS) is 10.6. The van der Waals surface area contributed by atoms with Gasteiger partial charge in [-0.3, -0.25) is 9.59 Å². The van der Waals surface area contributed by atoms with E-state index >= 15 is 0 Å². The molecule has 2 N–H and O–H groups in total. The van der Waals surface area contributed by atoms with E-state index in [0.29, 0.717) is 17.1 Å². The van der Waals surface area contributed by atoms with Gasteiger partial charge in [0.1, 0.15) is 18.2 Å². The minimum Gasteiger partial charge on any atom is -0.493 e. The molecule has 0 radical (unpaired) electrons. The Labute approximate surface area is 182 Å². The lowest BCUT2D eigenvalue weighted by atomic mass is 10.2. The SMILES string of the molecule is COc1cc(/C=N\NC(=O)C(=O)Nc2ccccc2F)ccc1OCc1ccc(F)cc1. The van der Waals surface area contributed by atoms with Crippen molar-refractivity contribution in [1.82, 2.24) is 5.43 Å². The second-order valence-corrected chi connectivity index (χ2v) is 6.46. The topological polar surface area (TPSA) is 89.0 Å². The molecule has 0 fully saturated rings. The third-order valence-corrected chi connectivity index (χ3v) is 4.20. The van der Waals surface area contributed by atoms with E-state index in [1.165, 1.54) is 43.7 Å². The highest BCUT2D eigenvalue weighted by atomic mass is 19.1. The van der Waals surface area contributed by atoms with Crippen LogP contribution in [0.25, 0.3) is 0 Å². The highest BCUT2D eigenvalue weighted by Gasteiger charge is 2.14. The number of carbonyl (C=O) groups excluding carboxylic acids is 2. The zero-order valence-electron chi connectivity index (χ0n) is 17.0. The van der Waals surface area contributed by atoms with Gasteiger partial charge in [-0.1, -0.05) is 24.3 Å². The lowest BCUT2D eigenvalue weighted by Crippen LogP contribution is -2.32. The van der Waals surface area contributed by atoms with Gasteiger partial charge in [0.15, 0.2) is 11.5 Å². The Morgan fingerprint density at radius 2 is 1.72 bits per heavy atom. The van der Waals surface area contributed by atoms with Gasteiger partial charge in [0.05, 0.1) is 19.0 Å². The Balaban J connectivity index is 1.57. The maximum atomic E-state index is 13.5. The van der Waals surface area contributed by atoms with Crippen LogP contribution in [0.5, 0.6) is 11.5 Å². The van der Waals surface area contributed by atoms with E-state index in [4.69, 9.17) is 9.47 Å². The second-order valence-electron chi connectivity index (χ2n) is 6.46. The van der Waals surface area contributed by atoms with Crippen LogP contribution >= 0.6 is 0 Å². The highest BCUT2D eigenvalue weighted by molar-refractivity contribution is 6.39. The van der Waals surface area contributed by atoms with Gasteiger partial charge in [0.25, 0.3) is 0 Å². The van der Waals surface area contributed by atoms with Crippen LogP contribution < -0.4 is 20.2 Å². The summed E-state index contributed by atoms with van der Waals surface area (Å²) in [4.78, 5) is 23.7. The predicted molar refractivity (Wildman–Crippen MR) is 114 cm³/mol. The number of benzene rings is 3. The first-order valence-corrected chi connectivity index (χ1v) is 9.40. The van der Waals surface area contributed by atoms with Crippen LogP contribution in [0.4, 0.5) is 14.5 Å². The first kappa shape index (κ1) is 22.4. The van der Waals surface area contributed by atoms with Crippen molar-refractivity contribution in [2.45, 2.75) is 6.61 Å². The Hall–Kier alpha value is -4.27. The maximum Gasteiger partial charge on any atom is 0.329 e. The molecule has 7 nitrogen and oxygen atoms in total. The number of nitrogens with one attached hydrogen (secondary N) is 2. The highest BCUT2D eigenvalue weighted by Crippen LogP contribution is 2.28. The van der Waals surface area contributed by atoms with Crippen molar-refractivity contribution >= 4 is 23.7 Å². The molecule has 2 amide bonds. The number of ether oxygens (including phenoxy) is 2. The van der Waals surface area contributed by atoms with Crippen molar-refractivity contribution in [2.24, 2.45) is 5.10 Å². The van der Waals surface area contributed by atoms with Crippen LogP contribution in [0.3, 0.4) is 0 Å². The molecule has 0 saturated carbocycles. The molecule has 0 aliphatic rings. The molecule has 0 unspecified atom stereocenters. The van der Waals surface area contributed by atoms with Crippen LogP contribution in [0.2, 0.25) is 0 Å². The van der Waals surface area contributed by atoms with Crippen molar-refractivity contribution in [3.05, 3.63) is 89.5 Å². The zero-order valence-corrected chi connectivity index (χ0v) is 17.0. The summed E-state index contributed by atoms with van der Waals surface area (Å²) in [6, 6.07) is 16.3. The molecule has 0 aliphatic carbocycles. The summed E-state index contributed by atoms with van der Waals surface area (Å²) in [5.41, 5.74) is 3.30. The van der Waals surface area contributed by atoms with Gasteiger partial charge < -0.3 is 14.8 Å². The smallest absolute Gasteiger partial charge is 0.329 e. The average molecular weight is 439 g/mol. The van der Waals surface area contributed by atoms with Crippen molar-refractivity contribution in [3.63, 3.8) is 0 Å². The number of nitrogens with zero attached hydrogens (tertiary/aromatic N) is 1. The molecule has 3 aromatic carbocycles. The molecular formula is C23H19F2N3O4. The molecular weight excluding hydrogens is 420 g/mol. The quantitative estimate of drug-likeness (QED) is 0.334. The number of rotatable bonds is 7. The van der Waals surface area contributed by atoms with Gasteiger partial charge in [-0.05, 0) is 53.6 Å². The van der Waals surface area contributed by atoms with E-state index in [1.54, 1.807) is 30.3 Å². The van der Waals surface area contributed by atoms with Crippen molar-refractivity contribution in [3.8, 4) is 11.5 Å². The van der Waals surface area contributed by atoms with E-state index in [1.807, 2.05) is 0 Å². The van der Waals surface area contributed by atoms with Crippen LogP contribution in [-0.4, -0.2) is 25.1 Å². The van der Waals surface area contributed by atoms with Gasteiger partial charge in [-0.25, -0.2) is 14.2 Å². The molecule has 3 aromatic rings. The van der Waals surface area contributed by atoms with Crippen LogP contribution in [-0.2, 0) is 16.2 Å². The molecule has 9 heteroatoms. The number of para-hydroxylation sites is 1. The number of anilines is 1. The summed E-state index contributed by atoms with van der Waals surface area (Å²) in [5.74, 6) is -2.23. The molecule has 0 spiro atoms. The second kappa shape index (κ2) is 10.7. The Kier molecular flexibility index (Phi) is 7.47. The number of carbonyl (C=O) groups is 2. The number of halogens is 2. The molecule has 0 atom stereocenters. The first-order valence-electron chi connectivity index (χ1n) is 9.40. The molecule has 0 aliphatic heterocycles. The van der Waals surface area contributed by atoms with Crippen LogP contribution in [0, 0.1) is 11.6 Å². The molecule has 32 heavy (non-hydrogen) atoms. The number of hydrogen-bond donors (Lipinski definition) is 2. The minimum absolute atomic E-state index is 0.113. The summed E-state index contributed by atoms with van der Waals surface area (Å²) in [5, 5.41) is 5.88. The molecule has 3 rings (SSSR count). The molecule has 0 aromatic heterocycles. The monoisotopic (exact) mass is 439 g/mol. The molecule has 0 heterocycles. The lowest BCUT2D eigenvalue weighted by Gasteiger charge is -2.11. The van der Waals surface area contributed by atoms with Crippen molar-refractivity contribution in [2.75, 3.05) is 12.4 Å². The Bertz CT molecular complexity index is 1130. The average Bonchev–Trinajstić information content (AvgIpc) is 2.80. The largest absolute Gasteiger partial charge is 0.493 e. The fourth-order valence-electron chi connectivity index (χ4n) is 2.58. The summed E-state index contributed by atoms with van der Waals surface area (Å²) in [6.07, 6.45) is 1.31. The van der Waals surface area contributed by atoms with E-state index in [9.17, 15) is 18.4 Å². The van der Waals surface area contributed by atoms with Crippen molar-refractivity contribution < 1.29 is 27.8 Å². The van der Waals surface area contributed by atoms with Crippen LogP contribution in [0.15, 0.2) is 71.8 Å². The van der Waals surface area contributed by atoms with E-state index in [-0.39, 0.29) is 18.1 Å². The van der Waals surface area contributed by atoms with Crippen LogP contribution in [0.1, 0.15) is 11.1 Å². The number of amides is 2. The van der Waals surface area contributed by atoms with Gasteiger partial charge in [-0.2, -0.15) is 5.10 Å². The summed E-state index contributed by atoms with van der Waals surface area (Å²) >= 11 is 0. The molecule has 164 valence electrons. The number of hydrazone groups is 1. The van der Waals surface area contributed by atoms with Gasteiger partial charge in [-0.15, -0.1) is 0 Å². The number of methoxy groups -OCH3 is 1.